The van der Waals surface area contributed by atoms with E-state index in [-0.39, 0.29) is 12.6 Å². The quantitative estimate of drug-likeness (QED) is 0.227. The first-order valence-corrected chi connectivity index (χ1v) is 10.6. The van der Waals surface area contributed by atoms with Gasteiger partial charge in [-0.3, -0.25) is 0 Å². The lowest BCUT2D eigenvalue weighted by Gasteiger charge is -2.19. The summed E-state index contributed by atoms with van der Waals surface area (Å²) in [6, 6.07) is 0. The van der Waals surface area contributed by atoms with E-state index in [9.17, 15) is 4.79 Å². The number of carbonyl (C=O) groups is 1. The Morgan fingerprint density at radius 1 is 0.607 bits per heavy atom. The molecule has 0 aliphatic rings. The van der Waals surface area contributed by atoms with Crippen LogP contribution in [0.3, 0.4) is 0 Å². The van der Waals surface area contributed by atoms with E-state index in [0.29, 0.717) is 52.9 Å². The number of hydrogen-bond donors (Lipinski definition) is 0. The fourth-order valence-corrected chi connectivity index (χ4v) is 2.21. The lowest BCUT2D eigenvalue weighted by atomic mass is 10.2. The molecule has 0 aromatic heterocycles. The Kier molecular flexibility index (Phi) is 19.1. The highest BCUT2D eigenvalue weighted by atomic mass is 16.6. The molecule has 0 amide bonds. The summed E-state index contributed by atoms with van der Waals surface area (Å²) in [5, 5.41) is 0. The van der Waals surface area contributed by atoms with Gasteiger partial charge in [0.2, 0.25) is 0 Å². The monoisotopic (exact) mass is 406 g/mol. The van der Waals surface area contributed by atoms with E-state index in [0.717, 1.165) is 13.0 Å². The summed E-state index contributed by atoms with van der Waals surface area (Å²) in [7, 11) is 0. The zero-order chi connectivity index (χ0) is 20.9. The van der Waals surface area contributed by atoms with Crippen molar-refractivity contribution in [1.82, 2.24) is 0 Å². The Balaban J connectivity index is 3.11. The highest BCUT2D eigenvalue weighted by Gasteiger charge is 2.15. The molecule has 0 heterocycles. The van der Waals surface area contributed by atoms with Crippen LogP contribution in [0, 0.1) is 0 Å². The van der Waals surface area contributed by atoms with Crippen LogP contribution in [0.25, 0.3) is 0 Å². The first kappa shape index (κ1) is 27.3. The number of ether oxygens (including phenoxy) is 6. The minimum absolute atomic E-state index is 0.0585. The SMILES string of the molecule is CCCCCCCOCCOCCOCCOCCOCC(=O)OC(C)(C)C. The molecule has 0 saturated heterocycles. The molecule has 28 heavy (non-hydrogen) atoms. The topological polar surface area (TPSA) is 72.5 Å². The lowest BCUT2D eigenvalue weighted by molar-refractivity contribution is -0.160. The largest absolute Gasteiger partial charge is 0.458 e. The minimum atomic E-state index is -0.487. The summed E-state index contributed by atoms with van der Waals surface area (Å²) < 4.78 is 32.1. The average molecular weight is 407 g/mol. The van der Waals surface area contributed by atoms with Crippen LogP contribution in [0.4, 0.5) is 0 Å². The van der Waals surface area contributed by atoms with Crippen molar-refractivity contribution < 1.29 is 33.2 Å². The lowest BCUT2D eigenvalue weighted by Crippen LogP contribution is -2.27. The molecular weight excluding hydrogens is 364 g/mol. The second kappa shape index (κ2) is 19.6. The third-order valence-electron chi connectivity index (χ3n) is 3.52. The molecule has 0 aromatic rings. The third-order valence-corrected chi connectivity index (χ3v) is 3.52. The first-order chi connectivity index (χ1) is 13.5. The van der Waals surface area contributed by atoms with E-state index in [1.54, 1.807) is 0 Å². The molecule has 0 fully saturated rings. The Morgan fingerprint density at radius 2 is 1.04 bits per heavy atom. The molecule has 7 heteroatoms. The predicted molar refractivity (Wildman–Crippen MR) is 109 cm³/mol. The zero-order valence-electron chi connectivity index (χ0n) is 18.5. The van der Waals surface area contributed by atoms with Crippen LogP contribution in [0.5, 0.6) is 0 Å². The molecule has 0 aromatic carbocycles. The molecule has 0 atom stereocenters. The highest BCUT2D eigenvalue weighted by Crippen LogP contribution is 2.06. The summed E-state index contributed by atoms with van der Waals surface area (Å²) in [4.78, 5) is 11.4. The summed E-state index contributed by atoms with van der Waals surface area (Å²) in [6.45, 7) is 12.5. The second-order valence-electron chi connectivity index (χ2n) is 7.50. The summed E-state index contributed by atoms with van der Waals surface area (Å²) in [5.41, 5.74) is -0.487. The fraction of sp³-hybridized carbons (Fsp3) is 0.952. The van der Waals surface area contributed by atoms with Gasteiger partial charge in [0.25, 0.3) is 0 Å². The zero-order valence-corrected chi connectivity index (χ0v) is 18.5. The minimum Gasteiger partial charge on any atom is -0.458 e. The Labute approximate surface area is 171 Å². The van der Waals surface area contributed by atoms with Crippen molar-refractivity contribution in [3.05, 3.63) is 0 Å². The van der Waals surface area contributed by atoms with Gasteiger partial charge in [-0.2, -0.15) is 0 Å². The standard InChI is InChI=1S/C21H42O7/c1-5-6-7-8-9-10-23-11-12-24-13-14-25-15-16-26-17-18-27-19-20(22)28-21(2,3)4/h5-19H2,1-4H3. The normalized spacial score (nSPS) is 11.7. The van der Waals surface area contributed by atoms with Crippen molar-refractivity contribution in [1.29, 1.82) is 0 Å². The number of rotatable bonds is 20. The van der Waals surface area contributed by atoms with Gasteiger partial charge < -0.3 is 28.4 Å². The maximum absolute atomic E-state index is 11.4. The fourth-order valence-electron chi connectivity index (χ4n) is 2.21. The third kappa shape index (κ3) is 23.3. The van der Waals surface area contributed by atoms with Crippen LogP contribution < -0.4 is 0 Å². The van der Waals surface area contributed by atoms with Gasteiger partial charge in [-0.15, -0.1) is 0 Å². The predicted octanol–water partition coefficient (Wildman–Crippen LogP) is 3.38. The van der Waals surface area contributed by atoms with Gasteiger partial charge in [0.05, 0.1) is 52.9 Å². The van der Waals surface area contributed by atoms with Gasteiger partial charge in [0, 0.05) is 6.61 Å². The number of unbranched alkanes of at least 4 members (excludes halogenated alkanes) is 4. The molecule has 0 bridgehead atoms. The van der Waals surface area contributed by atoms with Gasteiger partial charge in [0.1, 0.15) is 12.2 Å². The Morgan fingerprint density at radius 3 is 1.50 bits per heavy atom. The van der Waals surface area contributed by atoms with E-state index >= 15 is 0 Å². The van der Waals surface area contributed by atoms with Crippen molar-refractivity contribution in [2.75, 3.05) is 66.1 Å². The van der Waals surface area contributed by atoms with Gasteiger partial charge in [0.15, 0.2) is 0 Å². The molecule has 0 radical (unpaired) electrons. The van der Waals surface area contributed by atoms with Crippen molar-refractivity contribution >= 4 is 5.97 Å². The Bertz CT molecular complexity index is 342. The van der Waals surface area contributed by atoms with Crippen LogP contribution in [0.2, 0.25) is 0 Å². The molecule has 0 unspecified atom stereocenters. The molecule has 0 aliphatic carbocycles. The number of carbonyl (C=O) groups excluding carboxylic acids is 1. The van der Waals surface area contributed by atoms with Crippen LogP contribution in [0.1, 0.15) is 59.8 Å². The molecule has 0 spiro atoms. The Hall–Kier alpha value is -0.730. The molecule has 7 nitrogen and oxygen atoms in total. The smallest absolute Gasteiger partial charge is 0.332 e. The second-order valence-corrected chi connectivity index (χ2v) is 7.50. The van der Waals surface area contributed by atoms with Crippen LogP contribution in [0.15, 0.2) is 0 Å². The van der Waals surface area contributed by atoms with E-state index in [2.05, 4.69) is 6.92 Å². The molecule has 0 aliphatic heterocycles. The van der Waals surface area contributed by atoms with E-state index < -0.39 is 5.60 Å². The number of hydrogen-bond acceptors (Lipinski definition) is 7. The van der Waals surface area contributed by atoms with Gasteiger partial charge >= 0.3 is 5.97 Å². The van der Waals surface area contributed by atoms with Gasteiger partial charge in [-0.25, -0.2) is 4.79 Å². The van der Waals surface area contributed by atoms with E-state index in [4.69, 9.17) is 28.4 Å². The van der Waals surface area contributed by atoms with Gasteiger partial charge in [-0.1, -0.05) is 32.6 Å². The number of esters is 1. The average Bonchev–Trinajstić information content (AvgIpc) is 2.62. The van der Waals surface area contributed by atoms with Crippen molar-refractivity contribution in [2.24, 2.45) is 0 Å². The molecule has 168 valence electrons. The summed E-state index contributed by atoms with van der Waals surface area (Å²) >= 11 is 0. The molecule has 0 saturated carbocycles. The van der Waals surface area contributed by atoms with Crippen LogP contribution in [-0.4, -0.2) is 77.6 Å². The van der Waals surface area contributed by atoms with Crippen molar-refractivity contribution in [3.63, 3.8) is 0 Å². The maximum Gasteiger partial charge on any atom is 0.332 e. The van der Waals surface area contributed by atoms with Crippen LogP contribution in [-0.2, 0) is 33.2 Å². The highest BCUT2D eigenvalue weighted by molar-refractivity contribution is 5.71. The molecule has 0 N–H and O–H groups in total. The van der Waals surface area contributed by atoms with Crippen molar-refractivity contribution in [3.8, 4) is 0 Å². The molecule has 0 rings (SSSR count). The van der Waals surface area contributed by atoms with E-state index in [1.807, 2.05) is 20.8 Å². The van der Waals surface area contributed by atoms with Crippen molar-refractivity contribution in [2.45, 2.75) is 65.4 Å². The van der Waals surface area contributed by atoms with Crippen LogP contribution >= 0.6 is 0 Å². The summed E-state index contributed by atoms with van der Waals surface area (Å²) in [6.07, 6.45) is 6.27. The molecular formula is C21H42O7. The summed E-state index contributed by atoms with van der Waals surface area (Å²) in [5.74, 6) is -0.367. The van der Waals surface area contributed by atoms with Gasteiger partial charge in [-0.05, 0) is 27.2 Å². The van der Waals surface area contributed by atoms with E-state index in [1.165, 1.54) is 25.7 Å². The maximum atomic E-state index is 11.4. The first-order valence-electron chi connectivity index (χ1n) is 10.6.